The van der Waals surface area contributed by atoms with Gasteiger partial charge in [-0.25, -0.2) is 9.78 Å². The number of benzene rings is 1. The smallest absolute Gasteiger partial charge is 0.332 e. The number of carboxylic acid groups (broad SMARTS) is 1. The van der Waals surface area contributed by atoms with Crippen molar-refractivity contribution in [3.63, 3.8) is 0 Å². The average molecular weight is 276 g/mol. The Kier molecular flexibility index (Phi) is 3.42. The number of aromatic nitrogens is 2. The molecule has 2 N–H and O–H groups in total. The lowest BCUT2D eigenvalue weighted by Gasteiger charge is -2.13. The minimum atomic E-state index is -0.933. The van der Waals surface area contributed by atoms with Crippen LogP contribution in [0.1, 0.15) is 24.8 Å². The van der Waals surface area contributed by atoms with Gasteiger partial charge in [0.2, 0.25) is 0 Å². The molecular weight excluding hydrogens is 260 g/mol. The highest BCUT2D eigenvalue weighted by Crippen LogP contribution is 2.34. The first-order valence-corrected chi connectivity index (χ1v) is 6.65. The van der Waals surface area contributed by atoms with Crippen molar-refractivity contribution in [1.82, 2.24) is 9.55 Å². The van der Waals surface area contributed by atoms with Crippen LogP contribution in [-0.4, -0.2) is 38.4 Å². The first kappa shape index (κ1) is 13.1. The normalized spacial score (nSPS) is 22.4. The molecule has 2 unspecified atom stereocenters. The first-order chi connectivity index (χ1) is 9.70. The van der Waals surface area contributed by atoms with Crippen molar-refractivity contribution in [3.8, 4) is 0 Å². The van der Waals surface area contributed by atoms with Crippen molar-refractivity contribution in [3.05, 3.63) is 30.1 Å². The number of fused-ring (bicyclic) bond motifs is 1. The van der Waals surface area contributed by atoms with E-state index in [9.17, 15) is 9.90 Å². The van der Waals surface area contributed by atoms with Gasteiger partial charge in [-0.1, -0.05) is 12.1 Å². The maximum Gasteiger partial charge on any atom is 0.332 e. The van der Waals surface area contributed by atoms with Gasteiger partial charge in [0, 0.05) is 6.54 Å². The number of para-hydroxylation sites is 2. The second kappa shape index (κ2) is 5.22. The molecule has 1 saturated heterocycles. The van der Waals surface area contributed by atoms with Crippen LogP contribution in [0.15, 0.2) is 24.3 Å². The van der Waals surface area contributed by atoms with Crippen LogP contribution in [0.3, 0.4) is 0 Å². The summed E-state index contributed by atoms with van der Waals surface area (Å²) in [5.74, 6) is -0.235. The minimum Gasteiger partial charge on any atom is -0.479 e. The molecule has 0 saturated carbocycles. The maximum absolute atomic E-state index is 11.0. The number of rotatable bonds is 4. The van der Waals surface area contributed by atoms with E-state index in [0.717, 1.165) is 11.0 Å². The van der Waals surface area contributed by atoms with Gasteiger partial charge in [0.1, 0.15) is 11.9 Å². The average Bonchev–Trinajstić information content (AvgIpc) is 3.04. The van der Waals surface area contributed by atoms with Gasteiger partial charge in [-0.15, -0.1) is 0 Å². The van der Waals surface area contributed by atoms with Crippen LogP contribution in [0.2, 0.25) is 0 Å². The number of carbonyl (C=O) groups is 1. The topological polar surface area (TPSA) is 84.6 Å². The van der Waals surface area contributed by atoms with E-state index in [-0.39, 0.29) is 12.7 Å². The first-order valence-electron chi connectivity index (χ1n) is 6.65. The molecule has 2 aromatic rings. The standard InChI is InChI=1S/C14H16N2O4/c17-8-7-16-10-4-2-1-3-9(10)15-13(16)11-5-6-12(20-11)14(18)19/h1-4,11-12,17H,5-8H2,(H,18,19). The van der Waals surface area contributed by atoms with E-state index in [1.807, 2.05) is 28.8 Å². The molecule has 0 spiro atoms. The summed E-state index contributed by atoms with van der Waals surface area (Å²) in [4.78, 5) is 15.5. The Labute approximate surface area is 115 Å². The summed E-state index contributed by atoms with van der Waals surface area (Å²) in [6.07, 6.45) is 0.0334. The fourth-order valence-corrected chi connectivity index (χ4v) is 2.68. The van der Waals surface area contributed by atoms with Gasteiger partial charge >= 0.3 is 5.97 Å². The Morgan fingerprint density at radius 1 is 1.40 bits per heavy atom. The number of aliphatic hydroxyl groups is 1. The molecule has 1 aromatic heterocycles. The molecule has 106 valence electrons. The zero-order valence-electron chi connectivity index (χ0n) is 10.9. The van der Waals surface area contributed by atoms with Gasteiger partial charge in [0.15, 0.2) is 6.10 Å². The van der Waals surface area contributed by atoms with Crippen LogP contribution in [-0.2, 0) is 16.1 Å². The number of aliphatic hydroxyl groups excluding tert-OH is 1. The van der Waals surface area contributed by atoms with Crippen LogP contribution in [0.5, 0.6) is 0 Å². The molecule has 1 fully saturated rings. The van der Waals surface area contributed by atoms with Gasteiger partial charge in [-0.2, -0.15) is 0 Å². The third-order valence-corrected chi connectivity index (χ3v) is 3.59. The van der Waals surface area contributed by atoms with Crippen molar-refractivity contribution in [1.29, 1.82) is 0 Å². The highest BCUT2D eigenvalue weighted by Gasteiger charge is 2.34. The predicted octanol–water partition coefficient (Wildman–Crippen LogP) is 1.33. The molecule has 20 heavy (non-hydrogen) atoms. The Morgan fingerprint density at radius 3 is 2.90 bits per heavy atom. The number of carboxylic acids is 1. The van der Waals surface area contributed by atoms with E-state index in [0.29, 0.717) is 25.2 Å². The lowest BCUT2D eigenvalue weighted by molar-refractivity contribution is -0.149. The maximum atomic E-state index is 11.0. The highest BCUT2D eigenvalue weighted by atomic mass is 16.5. The molecule has 6 heteroatoms. The number of nitrogens with zero attached hydrogens (tertiary/aromatic N) is 2. The van der Waals surface area contributed by atoms with Crippen LogP contribution in [0, 0.1) is 0 Å². The van der Waals surface area contributed by atoms with Crippen molar-refractivity contribution < 1.29 is 19.7 Å². The molecule has 0 radical (unpaired) electrons. The Hall–Kier alpha value is -1.92. The predicted molar refractivity (Wildman–Crippen MR) is 71.3 cm³/mol. The second-order valence-corrected chi connectivity index (χ2v) is 4.86. The summed E-state index contributed by atoms with van der Waals surface area (Å²) in [6.45, 7) is 0.426. The molecule has 0 bridgehead atoms. The number of imidazole rings is 1. The summed E-state index contributed by atoms with van der Waals surface area (Å²) < 4.78 is 7.47. The third-order valence-electron chi connectivity index (χ3n) is 3.59. The highest BCUT2D eigenvalue weighted by molar-refractivity contribution is 5.76. The van der Waals surface area contributed by atoms with Crippen LogP contribution in [0.25, 0.3) is 11.0 Å². The van der Waals surface area contributed by atoms with E-state index >= 15 is 0 Å². The number of ether oxygens (including phenoxy) is 1. The lowest BCUT2D eigenvalue weighted by Crippen LogP contribution is -2.19. The van der Waals surface area contributed by atoms with Gasteiger partial charge in [0.05, 0.1) is 17.6 Å². The van der Waals surface area contributed by atoms with E-state index in [2.05, 4.69) is 4.98 Å². The fourth-order valence-electron chi connectivity index (χ4n) is 2.68. The monoisotopic (exact) mass is 276 g/mol. The van der Waals surface area contributed by atoms with Gasteiger partial charge in [-0.3, -0.25) is 0 Å². The van der Waals surface area contributed by atoms with Gasteiger partial charge in [-0.05, 0) is 25.0 Å². The Balaban J connectivity index is 1.98. The van der Waals surface area contributed by atoms with Gasteiger partial charge < -0.3 is 19.5 Å². The summed E-state index contributed by atoms with van der Waals surface area (Å²) in [7, 11) is 0. The molecule has 0 aliphatic carbocycles. The van der Waals surface area contributed by atoms with E-state index in [1.165, 1.54) is 0 Å². The van der Waals surface area contributed by atoms with Crippen LogP contribution < -0.4 is 0 Å². The number of hydrogen-bond acceptors (Lipinski definition) is 4. The molecule has 0 amide bonds. The summed E-state index contributed by atoms with van der Waals surface area (Å²) in [5, 5.41) is 18.2. The van der Waals surface area contributed by atoms with Crippen molar-refractivity contribution in [2.24, 2.45) is 0 Å². The SMILES string of the molecule is O=C(O)C1CCC(c2nc3ccccc3n2CCO)O1. The Bertz CT molecular complexity index is 637. The van der Waals surface area contributed by atoms with E-state index in [4.69, 9.17) is 9.84 Å². The van der Waals surface area contributed by atoms with Crippen molar-refractivity contribution >= 4 is 17.0 Å². The molecule has 6 nitrogen and oxygen atoms in total. The molecule has 1 aromatic carbocycles. The summed E-state index contributed by atoms with van der Waals surface area (Å²) >= 11 is 0. The zero-order chi connectivity index (χ0) is 14.1. The molecule has 2 heterocycles. The van der Waals surface area contributed by atoms with E-state index in [1.54, 1.807) is 0 Å². The third kappa shape index (κ3) is 2.17. The van der Waals surface area contributed by atoms with Crippen LogP contribution >= 0.6 is 0 Å². The Morgan fingerprint density at radius 2 is 2.20 bits per heavy atom. The number of hydrogen-bond donors (Lipinski definition) is 2. The van der Waals surface area contributed by atoms with Crippen LogP contribution in [0.4, 0.5) is 0 Å². The van der Waals surface area contributed by atoms with Gasteiger partial charge in [0.25, 0.3) is 0 Å². The second-order valence-electron chi connectivity index (χ2n) is 4.86. The molecule has 2 atom stereocenters. The quantitative estimate of drug-likeness (QED) is 0.880. The zero-order valence-corrected chi connectivity index (χ0v) is 10.9. The molecular formula is C14H16N2O4. The minimum absolute atomic E-state index is 0.00241. The fraction of sp³-hybridized carbons (Fsp3) is 0.429. The van der Waals surface area contributed by atoms with E-state index < -0.39 is 12.1 Å². The molecule has 1 aliphatic rings. The largest absolute Gasteiger partial charge is 0.479 e. The molecule has 1 aliphatic heterocycles. The number of aliphatic carboxylic acids is 1. The summed E-state index contributed by atoms with van der Waals surface area (Å²) in [6, 6.07) is 7.65. The summed E-state index contributed by atoms with van der Waals surface area (Å²) in [5.41, 5.74) is 1.76. The molecule has 3 rings (SSSR count). The van der Waals surface area contributed by atoms with Crippen molar-refractivity contribution in [2.75, 3.05) is 6.61 Å². The van der Waals surface area contributed by atoms with Crippen molar-refractivity contribution in [2.45, 2.75) is 31.6 Å². The lowest BCUT2D eigenvalue weighted by atomic mass is 10.2.